The summed E-state index contributed by atoms with van der Waals surface area (Å²) in [5.41, 5.74) is -3.31. The maximum atomic E-state index is 11.5. The second-order valence-corrected chi connectivity index (χ2v) is 4.42. The van der Waals surface area contributed by atoms with Crippen LogP contribution in [0.5, 0.6) is 0 Å². The fourth-order valence-electron chi connectivity index (χ4n) is 1.18. The summed E-state index contributed by atoms with van der Waals surface area (Å²) < 4.78 is 4.19. The fraction of sp³-hybridized carbons (Fsp3) is 0.636. The van der Waals surface area contributed by atoms with Crippen molar-refractivity contribution in [2.45, 2.75) is 38.9 Å². The Morgan fingerprint density at radius 1 is 1.21 bits per heavy atom. The summed E-state index contributed by atoms with van der Waals surface area (Å²) >= 11 is 0. The Kier molecular flexibility index (Phi) is 5.79. The molecule has 0 aliphatic carbocycles. The zero-order valence-electron chi connectivity index (χ0n) is 10.7. The smallest absolute Gasteiger partial charge is 0.357 e. The molecule has 0 rings (SSSR count). The number of hydrogen-bond acceptors (Lipinski definition) is 7. The summed E-state index contributed by atoms with van der Waals surface area (Å²) in [5.74, 6) is -6.32. The van der Waals surface area contributed by atoms with Crippen molar-refractivity contribution in [3.8, 4) is 0 Å². The molecular formula is C11H16O8. The summed E-state index contributed by atoms with van der Waals surface area (Å²) in [4.78, 5) is 44.5. The number of carboxylic acids is 1. The van der Waals surface area contributed by atoms with Crippen molar-refractivity contribution in [1.29, 1.82) is 0 Å². The number of Topliss-reactive ketones (excluding diaryl/α,β-unsaturated/α-hetero) is 1. The van der Waals surface area contributed by atoms with Crippen molar-refractivity contribution in [2.24, 2.45) is 5.92 Å². The first-order chi connectivity index (χ1) is 8.53. The van der Waals surface area contributed by atoms with Crippen molar-refractivity contribution in [3.05, 3.63) is 0 Å². The maximum absolute atomic E-state index is 11.5. The van der Waals surface area contributed by atoms with E-state index in [9.17, 15) is 29.4 Å². The largest absolute Gasteiger partial charge is 0.479 e. The van der Waals surface area contributed by atoms with E-state index in [4.69, 9.17) is 5.11 Å². The Labute approximate surface area is 109 Å². The number of hydrogen-bond donors (Lipinski definition) is 3. The van der Waals surface area contributed by atoms with Crippen molar-refractivity contribution >= 4 is 23.7 Å². The molecule has 0 aromatic heterocycles. The van der Waals surface area contributed by atoms with E-state index in [1.165, 1.54) is 0 Å². The minimum absolute atomic E-state index is 0.143. The highest BCUT2D eigenvalue weighted by molar-refractivity contribution is 6.12. The Morgan fingerprint density at radius 3 is 2.00 bits per heavy atom. The van der Waals surface area contributed by atoms with Crippen LogP contribution in [0.1, 0.15) is 27.2 Å². The van der Waals surface area contributed by atoms with Crippen LogP contribution in [0.25, 0.3) is 0 Å². The van der Waals surface area contributed by atoms with E-state index in [0.29, 0.717) is 6.92 Å². The number of esters is 2. The standard InChI is InChI=1S/C11H16O8/c1-5(2)4-7(13)19-10(17)11(18,6(3)12)8(14)9(15)16/h5,8,14,18H,4H2,1-3H3,(H,15,16). The van der Waals surface area contributed by atoms with Gasteiger partial charge in [-0.1, -0.05) is 13.8 Å². The summed E-state index contributed by atoms with van der Waals surface area (Å²) in [6, 6.07) is 0. The number of aliphatic hydroxyl groups is 2. The lowest BCUT2D eigenvalue weighted by Gasteiger charge is -2.24. The van der Waals surface area contributed by atoms with Gasteiger partial charge in [-0.2, -0.15) is 0 Å². The van der Waals surface area contributed by atoms with Crippen LogP contribution >= 0.6 is 0 Å². The second kappa shape index (κ2) is 6.39. The fourth-order valence-corrected chi connectivity index (χ4v) is 1.18. The number of ketones is 1. The first kappa shape index (κ1) is 17.2. The number of aliphatic carboxylic acids is 1. The molecule has 3 N–H and O–H groups in total. The average molecular weight is 276 g/mol. The molecular weight excluding hydrogens is 260 g/mol. The SMILES string of the molecule is CC(=O)C(O)(C(=O)OC(=O)CC(C)C)C(O)C(=O)O. The van der Waals surface area contributed by atoms with E-state index in [1.54, 1.807) is 13.8 Å². The summed E-state index contributed by atoms with van der Waals surface area (Å²) in [5, 5.41) is 27.4. The number of rotatable bonds is 6. The van der Waals surface area contributed by atoms with Gasteiger partial charge in [-0.05, 0) is 12.8 Å². The van der Waals surface area contributed by atoms with Crippen LogP contribution in [-0.2, 0) is 23.9 Å². The number of carbonyl (C=O) groups is 4. The molecule has 0 aromatic rings. The van der Waals surface area contributed by atoms with E-state index in [-0.39, 0.29) is 12.3 Å². The molecule has 0 radical (unpaired) electrons. The lowest BCUT2D eigenvalue weighted by atomic mass is 9.92. The van der Waals surface area contributed by atoms with E-state index in [2.05, 4.69) is 4.74 Å². The molecule has 19 heavy (non-hydrogen) atoms. The zero-order chi connectivity index (χ0) is 15.4. The number of ether oxygens (including phenoxy) is 1. The van der Waals surface area contributed by atoms with Crippen molar-refractivity contribution < 1.29 is 39.2 Å². The molecule has 2 atom stereocenters. The molecule has 0 aliphatic heterocycles. The molecule has 0 heterocycles. The molecule has 0 saturated carbocycles. The normalized spacial score (nSPS) is 15.5. The van der Waals surface area contributed by atoms with Gasteiger partial charge in [0.1, 0.15) is 0 Å². The van der Waals surface area contributed by atoms with Gasteiger partial charge >= 0.3 is 17.9 Å². The van der Waals surface area contributed by atoms with Crippen LogP contribution in [0.4, 0.5) is 0 Å². The summed E-state index contributed by atoms with van der Waals surface area (Å²) in [6.07, 6.45) is -2.88. The van der Waals surface area contributed by atoms with Gasteiger partial charge in [0.2, 0.25) is 0 Å². The van der Waals surface area contributed by atoms with E-state index >= 15 is 0 Å². The molecule has 0 bridgehead atoms. The monoisotopic (exact) mass is 276 g/mol. The molecule has 0 fully saturated rings. The minimum Gasteiger partial charge on any atom is -0.479 e. The van der Waals surface area contributed by atoms with Crippen LogP contribution in [0.2, 0.25) is 0 Å². The Hall–Kier alpha value is -1.80. The zero-order valence-corrected chi connectivity index (χ0v) is 10.7. The van der Waals surface area contributed by atoms with E-state index in [1.807, 2.05) is 0 Å². The van der Waals surface area contributed by atoms with Crippen LogP contribution in [0.3, 0.4) is 0 Å². The number of aliphatic hydroxyl groups excluding tert-OH is 1. The molecule has 0 aliphatic rings. The topological polar surface area (TPSA) is 138 Å². The van der Waals surface area contributed by atoms with Gasteiger partial charge in [0, 0.05) is 6.42 Å². The predicted molar refractivity (Wildman–Crippen MR) is 59.8 cm³/mol. The minimum atomic E-state index is -3.31. The van der Waals surface area contributed by atoms with Crippen molar-refractivity contribution in [2.75, 3.05) is 0 Å². The highest BCUT2D eigenvalue weighted by atomic mass is 16.6. The molecule has 8 heteroatoms. The lowest BCUT2D eigenvalue weighted by Crippen LogP contribution is -2.59. The maximum Gasteiger partial charge on any atom is 0.357 e. The highest BCUT2D eigenvalue weighted by Crippen LogP contribution is 2.16. The summed E-state index contributed by atoms with van der Waals surface area (Å²) in [6.45, 7) is 4.02. The van der Waals surface area contributed by atoms with E-state index < -0.39 is 35.4 Å². The van der Waals surface area contributed by atoms with Crippen LogP contribution in [0, 0.1) is 5.92 Å². The molecule has 0 spiro atoms. The van der Waals surface area contributed by atoms with E-state index in [0.717, 1.165) is 0 Å². The van der Waals surface area contributed by atoms with Gasteiger partial charge in [0.25, 0.3) is 5.60 Å². The van der Waals surface area contributed by atoms with Crippen LogP contribution in [0.15, 0.2) is 0 Å². The van der Waals surface area contributed by atoms with Gasteiger partial charge < -0.3 is 20.1 Å². The molecule has 0 aromatic carbocycles. The quantitative estimate of drug-likeness (QED) is 0.409. The number of carbonyl (C=O) groups excluding carboxylic acids is 3. The molecule has 2 unspecified atom stereocenters. The van der Waals surface area contributed by atoms with Gasteiger partial charge in [0.05, 0.1) is 0 Å². The van der Waals surface area contributed by atoms with Gasteiger partial charge in [-0.15, -0.1) is 0 Å². The average Bonchev–Trinajstić information content (AvgIpc) is 2.24. The Balaban J connectivity index is 5.11. The van der Waals surface area contributed by atoms with Crippen molar-refractivity contribution in [1.82, 2.24) is 0 Å². The second-order valence-electron chi connectivity index (χ2n) is 4.42. The molecule has 0 saturated heterocycles. The third-order valence-corrected chi connectivity index (χ3v) is 2.26. The first-order valence-corrected chi connectivity index (χ1v) is 5.42. The Morgan fingerprint density at radius 2 is 1.68 bits per heavy atom. The summed E-state index contributed by atoms with van der Waals surface area (Å²) in [7, 11) is 0. The third-order valence-electron chi connectivity index (χ3n) is 2.26. The lowest BCUT2D eigenvalue weighted by molar-refractivity contribution is -0.192. The molecule has 108 valence electrons. The molecule has 0 amide bonds. The molecule has 8 nitrogen and oxygen atoms in total. The van der Waals surface area contributed by atoms with Crippen molar-refractivity contribution in [3.63, 3.8) is 0 Å². The number of carboxylic acid groups (broad SMARTS) is 1. The van der Waals surface area contributed by atoms with Gasteiger partial charge in [-0.3, -0.25) is 9.59 Å². The highest BCUT2D eigenvalue weighted by Gasteiger charge is 2.54. The van der Waals surface area contributed by atoms with Gasteiger partial charge in [-0.25, -0.2) is 9.59 Å². The third kappa shape index (κ3) is 4.11. The van der Waals surface area contributed by atoms with Gasteiger partial charge in [0.15, 0.2) is 11.9 Å². The Bertz CT molecular complexity index is 399. The van der Waals surface area contributed by atoms with Crippen LogP contribution in [-0.4, -0.2) is 50.7 Å². The predicted octanol–water partition coefficient (Wildman–Crippen LogP) is -1.13. The van der Waals surface area contributed by atoms with Crippen LogP contribution < -0.4 is 0 Å². The first-order valence-electron chi connectivity index (χ1n) is 5.42.